The monoisotopic (exact) mass is 960 g/mol. The van der Waals surface area contributed by atoms with E-state index < -0.39 is 31.1 Å². The van der Waals surface area contributed by atoms with Gasteiger partial charge in [-0.05, 0) is 86.3 Å². The molecule has 10 rings (SSSR count). The summed E-state index contributed by atoms with van der Waals surface area (Å²) in [5.74, 6) is 0. The Hall–Kier alpha value is -7.34. The predicted octanol–water partition coefficient (Wildman–Crippen LogP) is 12.5. The van der Waals surface area contributed by atoms with Crippen molar-refractivity contribution in [2.24, 2.45) is 0 Å². The van der Waals surface area contributed by atoms with Gasteiger partial charge in [-0.15, -0.1) is 0 Å². The van der Waals surface area contributed by atoms with Crippen molar-refractivity contribution in [2.45, 2.75) is 61.7 Å². The van der Waals surface area contributed by atoms with Gasteiger partial charge in [0.1, 0.15) is 0 Å². The van der Waals surface area contributed by atoms with Crippen molar-refractivity contribution in [3.8, 4) is 0 Å². The number of aromatic nitrogens is 2. The Labute approximate surface area is 412 Å². The quantitative estimate of drug-likeness (QED) is 0.113. The largest absolute Gasteiger partial charge is 0.343 e. The van der Waals surface area contributed by atoms with Gasteiger partial charge in [0, 0.05) is 58.4 Å². The first-order chi connectivity index (χ1) is 33.7. The van der Waals surface area contributed by atoms with E-state index in [1.807, 2.05) is 173 Å². The van der Waals surface area contributed by atoms with Crippen molar-refractivity contribution in [3.05, 3.63) is 275 Å². The van der Waals surface area contributed by atoms with Gasteiger partial charge in [0.15, 0.2) is 0 Å². The number of hydrogen-bond acceptors (Lipinski definition) is 4. The molecule has 0 unspecified atom stereocenters. The van der Waals surface area contributed by atoms with Gasteiger partial charge in [-0.3, -0.25) is 0 Å². The molecule has 2 heterocycles. The minimum atomic E-state index is -3.81. The van der Waals surface area contributed by atoms with Crippen molar-refractivity contribution in [1.29, 1.82) is 0 Å². The van der Waals surface area contributed by atoms with E-state index in [1.54, 1.807) is 24.3 Å². The van der Waals surface area contributed by atoms with Gasteiger partial charge < -0.3 is 9.13 Å². The Bertz CT molecular complexity index is 3360. The lowest BCUT2D eigenvalue weighted by Crippen LogP contribution is -2.44. The van der Waals surface area contributed by atoms with Gasteiger partial charge in [-0.1, -0.05) is 193 Å². The summed E-state index contributed by atoms with van der Waals surface area (Å²) in [7, 11) is -7.62. The van der Waals surface area contributed by atoms with E-state index in [1.165, 1.54) is 11.1 Å². The van der Waals surface area contributed by atoms with E-state index in [0.717, 1.165) is 55.2 Å². The SMILES string of the molecule is Cc1ccc(S(=O)(=O)N[C@](C)(c2ccccc2)c2cn(Cc3ccccc3)c3ccccc23)cc1.Cc1ccc(S(=O)(=O)N[C@](C)(c2ccccc2)c2cn(Cc3ccccc3)c3ccccc23)cc1. The van der Waals surface area contributed by atoms with Crippen LogP contribution in [0.15, 0.2) is 241 Å². The molecule has 10 heteroatoms. The molecule has 2 aromatic heterocycles. The third kappa shape index (κ3) is 10.0. The molecule has 0 saturated carbocycles. The molecule has 0 radical (unpaired) electrons. The number of nitrogens with zero attached hydrogens (tertiary/aromatic N) is 2. The highest BCUT2D eigenvalue weighted by Gasteiger charge is 2.38. The lowest BCUT2D eigenvalue weighted by atomic mass is 9.85. The second-order valence-corrected chi connectivity index (χ2v) is 21.5. The first-order valence-electron chi connectivity index (χ1n) is 23.3. The summed E-state index contributed by atoms with van der Waals surface area (Å²) in [6.07, 6.45) is 4.17. The molecule has 70 heavy (non-hydrogen) atoms. The standard InChI is InChI=1S/2C30H28N2O2S/c2*1-23-17-19-26(20-18-23)35(33,34)31-30(2,25-13-7-4-8-14-25)28-22-32(21-24-11-5-3-6-12-24)29-16-10-9-15-27(28)29/h2*3-20,22,31H,21H2,1-2H3/t2*30-/m11/s1. The molecule has 2 N–H and O–H groups in total. The second kappa shape index (κ2) is 19.9. The van der Waals surface area contributed by atoms with Crippen molar-refractivity contribution in [2.75, 3.05) is 0 Å². The van der Waals surface area contributed by atoms with Gasteiger partial charge in [0.2, 0.25) is 20.0 Å². The van der Waals surface area contributed by atoms with Gasteiger partial charge in [-0.25, -0.2) is 16.8 Å². The lowest BCUT2D eigenvalue weighted by molar-refractivity contribution is 0.503. The van der Waals surface area contributed by atoms with Crippen LogP contribution in [0.2, 0.25) is 0 Å². The molecular weight excluding hydrogens is 905 g/mol. The Balaban J connectivity index is 0.000000174. The predicted molar refractivity (Wildman–Crippen MR) is 284 cm³/mol. The van der Waals surface area contributed by atoms with E-state index in [9.17, 15) is 16.8 Å². The number of hydrogen-bond donors (Lipinski definition) is 2. The zero-order valence-electron chi connectivity index (χ0n) is 39.7. The maximum Gasteiger partial charge on any atom is 0.241 e. The van der Waals surface area contributed by atoms with Crippen molar-refractivity contribution in [3.63, 3.8) is 0 Å². The molecule has 8 nitrogen and oxygen atoms in total. The Morgan fingerprint density at radius 2 is 0.686 bits per heavy atom. The van der Waals surface area contributed by atoms with E-state index in [-0.39, 0.29) is 9.79 Å². The summed E-state index contributed by atoms with van der Waals surface area (Å²) in [4.78, 5) is 0.497. The first-order valence-corrected chi connectivity index (χ1v) is 26.3. The van der Waals surface area contributed by atoms with Crippen LogP contribution in [0, 0.1) is 13.8 Å². The summed E-state index contributed by atoms with van der Waals surface area (Å²) in [6.45, 7) is 9.16. The minimum absolute atomic E-state index is 0.248. The normalized spacial score (nSPS) is 13.5. The fourth-order valence-electron chi connectivity index (χ4n) is 9.28. The third-order valence-electron chi connectivity index (χ3n) is 13.1. The number of rotatable bonds is 14. The summed E-state index contributed by atoms with van der Waals surface area (Å²) in [5, 5.41) is 2.03. The fourth-order valence-corrected chi connectivity index (χ4v) is 12.0. The maximum atomic E-state index is 13.6. The lowest BCUT2D eigenvalue weighted by Gasteiger charge is -2.31. The molecule has 0 aliphatic carbocycles. The van der Waals surface area contributed by atoms with E-state index >= 15 is 0 Å². The molecule has 0 bridgehead atoms. The highest BCUT2D eigenvalue weighted by Crippen LogP contribution is 2.39. The summed E-state index contributed by atoms with van der Waals surface area (Å²) < 4.78 is 65.0. The van der Waals surface area contributed by atoms with Crippen LogP contribution in [0.5, 0.6) is 0 Å². The molecule has 0 fully saturated rings. The molecule has 0 aliphatic heterocycles. The topological polar surface area (TPSA) is 102 Å². The first kappa shape index (κ1) is 47.7. The average Bonchev–Trinajstić information content (AvgIpc) is 3.94. The van der Waals surface area contributed by atoms with Crippen molar-refractivity contribution in [1.82, 2.24) is 18.6 Å². The van der Waals surface area contributed by atoms with Crippen LogP contribution in [-0.2, 0) is 44.2 Å². The number of sulfonamides is 2. The van der Waals surface area contributed by atoms with Gasteiger partial charge in [0.05, 0.1) is 20.9 Å². The molecule has 0 amide bonds. The third-order valence-corrected chi connectivity index (χ3v) is 16.2. The summed E-state index contributed by atoms with van der Waals surface area (Å²) in [6, 6.07) is 70.3. The van der Waals surface area contributed by atoms with Crippen molar-refractivity contribution < 1.29 is 16.8 Å². The number of benzene rings is 8. The Morgan fingerprint density at radius 1 is 0.386 bits per heavy atom. The number of para-hydroxylation sites is 2. The van der Waals surface area contributed by atoms with Crippen LogP contribution in [0.25, 0.3) is 21.8 Å². The van der Waals surface area contributed by atoms with E-state index in [0.29, 0.717) is 13.1 Å². The molecule has 8 aromatic carbocycles. The molecule has 0 spiro atoms. The molecule has 0 saturated heterocycles. The highest BCUT2D eigenvalue weighted by atomic mass is 32.2. The molecule has 0 aliphatic rings. The van der Waals surface area contributed by atoms with Crippen LogP contribution in [0.1, 0.15) is 58.4 Å². The van der Waals surface area contributed by atoms with Crippen LogP contribution in [0.4, 0.5) is 0 Å². The van der Waals surface area contributed by atoms with Crippen LogP contribution < -0.4 is 9.44 Å². The van der Waals surface area contributed by atoms with Crippen LogP contribution in [0.3, 0.4) is 0 Å². The number of fused-ring (bicyclic) bond motifs is 2. The molecule has 352 valence electrons. The maximum absolute atomic E-state index is 13.6. The Kier molecular flexibility index (Phi) is 13.6. The van der Waals surface area contributed by atoms with E-state index in [4.69, 9.17) is 0 Å². The van der Waals surface area contributed by atoms with Gasteiger partial charge in [0.25, 0.3) is 0 Å². The number of aryl methyl sites for hydroxylation is 2. The van der Waals surface area contributed by atoms with Crippen LogP contribution >= 0.6 is 0 Å². The zero-order chi connectivity index (χ0) is 48.9. The average molecular weight is 961 g/mol. The summed E-state index contributed by atoms with van der Waals surface area (Å²) in [5.41, 5.74) is 8.08. The number of nitrogens with one attached hydrogen (secondary N) is 2. The molecule has 10 aromatic rings. The smallest absolute Gasteiger partial charge is 0.241 e. The molecule has 2 atom stereocenters. The van der Waals surface area contributed by atoms with Gasteiger partial charge in [-0.2, -0.15) is 9.44 Å². The van der Waals surface area contributed by atoms with E-state index in [2.05, 4.69) is 79.5 Å². The van der Waals surface area contributed by atoms with Crippen LogP contribution in [-0.4, -0.2) is 26.0 Å². The molecular formula is C60H56N4O4S2. The highest BCUT2D eigenvalue weighted by molar-refractivity contribution is 7.89. The fraction of sp³-hybridized carbons (Fsp3) is 0.133. The zero-order valence-corrected chi connectivity index (χ0v) is 41.3. The minimum Gasteiger partial charge on any atom is -0.343 e. The summed E-state index contributed by atoms with van der Waals surface area (Å²) >= 11 is 0. The Morgan fingerprint density at radius 3 is 1.03 bits per heavy atom. The van der Waals surface area contributed by atoms with Gasteiger partial charge >= 0.3 is 0 Å². The van der Waals surface area contributed by atoms with Crippen molar-refractivity contribution >= 4 is 41.9 Å². The second-order valence-electron chi connectivity index (χ2n) is 18.2.